The molecule has 0 unspecified atom stereocenters. The lowest BCUT2D eigenvalue weighted by Crippen LogP contribution is -2.06. The summed E-state index contributed by atoms with van der Waals surface area (Å²) in [5.41, 5.74) is 1.04. The van der Waals surface area contributed by atoms with Crippen LogP contribution in [-0.2, 0) is 6.54 Å². The molecule has 0 spiro atoms. The fraction of sp³-hybridized carbons (Fsp3) is 0.143. The molecule has 5 heteroatoms. The summed E-state index contributed by atoms with van der Waals surface area (Å²) in [5, 5.41) is 4.18. The smallest absolute Gasteiger partial charge is 0.146 e. The van der Waals surface area contributed by atoms with Gasteiger partial charge in [0, 0.05) is 21.6 Å². The number of hydrogen-bond acceptors (Lipinski definition) is 2. The van der Waals surface area contributed by atoms with Crippen LogP contribution >= 0.6 is 39.1 Å². The Morgan fingerprint density at radius 2 is 1.84 bits per heavy atom. The minimum absolute atomic E-state index is 0.492. The van der Waals surface area contributed by atoms with Gasteiger partial charge in [-0.05, 0) is 43.4 Å². The summed E-state index contributed by atoms with van der Waals surface area (Å²) in [6, 6.07) is 11.0. The monoisotopic (exact) mass is 359 g/mol. The van der Waals surface area contributed by atoms with Gasteiger partial charge in [0.25, 0.3) is 0 Å². The van der Waals surface area contributed by atoms with E-state index in [2.05, 4.69) is 21.2 Å². The number of halogens is 3. The maximum Gasteiger partial charge on any atom is 0.146 e. The van der Waals surface area contributed by atoms with E-state index in [1.807, 2.05) is 25.2 Å². The number of rotatable bonds is 4. The van der Waals surface area contributed by atoms with Crippen molar-refractivity contribution < 1.29 is 4.74 Å². The molecule has 0 aliphatic carbocycles. The van der Waals surface area contributed by atoms with E-state index in [4.69, 9.17) is 27.9 Å². The predicted molar refractivity (Wildman–Crippen MR) is 83.4 cm³/mol. The zero-order valence-electron chi connectivity index (χ0n) is 10.2. The molecule has 2 rings (SSSR count). The molecule has 100 valence electrons. The summed E-state index contributed by atoms with van der Waals surface area (Å²) < 4.78 is 6.86. The molecule has 0 fully saturated rings. The number of ether oxygens (including phenoxy) is 1. The van der Waals surface area contributed by atoms with Crippen LogP contribution in [0.3, 0.4) is 0 Å². The molecule has 0 aliphatic rings. The van der Waals surface area contributed by atoms with Gasteiger partial charge in [0.15, 0.2) is 0 Å². The van der Waals surface area contributed by atoms with Gasteiger partial charge < -0.3 is 10.1 Å². The second kappa shape index (κ2) is 6.62. The topological polar surface area (TPSA) is 21.3 Å². The van der Waals surface area contributed by atoms with Crippen LogP contribution in [0.1, 0.15) is 5.56 Å². The van der Waals surface area contributed by atoms with Crippen LogP contribution < -0.4 is 10.1 Å². The Morgan fingerprint density at radius 1 is 1.11 bits per heavy atom. The highest BCUT2D eigenvalue weighted by Crippen LogP contribution is 2.34. The average molecular weight is 361 g/mol. The van der Waals surface area contributed by atoms with Crippen LogP contribution in [0.25, 0.3) is 0 Å². The average Bonchev–Trinajstić information content (AvgIpc) is 2.36. The fourth-order valence-electron chi connectivity index (χ4n) is 1.65. The van der Waals surface area contributed by atoms with Crippen molar-refractivity contribution in [1.82, 2.24) is 5.32 Å². The molecule has 0 aliphatic heterocycles. The SMILES string of the molecule is CNCc1cc(Br)ccc1Oc1ccc(Cl)cc1Cl. The van der Waals surface area contributed by atoms with E-state index >= 15 is 0 Å². The first-order valence-electron chi connectivity index (χ1n) is 5.66. The van der Waals surface area contributed by atoms with Gasteiger partial charge in [0.2, 0.25) is 0 Å². The highest BCUT2D eigenvalue weighted by molar-refractivity contribution is 9.10. The molecule has 1 N–H and O–H groups in total. The molecule has 2 nitrogen and oxygen atoms in total. The van der Waals surface area contributed by atoms with Gasteiger partial charge in [0.1, 0.15) is 11.5 Å². The van der Waals surface area contributed by atoms with E-state index in [1.165, 1.54) is 0 Å². The van der Waals surface area contributed by atoms with Gasteiger partial charge in [-0.1, -0.05) is 39.1 Å². The molecule has 0 atom stereocenters. The quantitative estimate of drug-likeness (QED) is 0.802. The Balaban J connectivity index is 2.32. The molecular formula is C14H12BrCl2NO. The molecule has 0 aromatic heterocycles. The summed E-state index contributed by atoms with van der Waals surface area (Å²) in [6.07, 6.45) is 0. The highest BCUT2D eigenvalue weighted by Gasteiger charge is 2.08. The van der Waals surface area contributed by atoms with Crippen LogP contribution in [0, 0.1) is 0 Å². The normalized spacial score (nSPS) is 10.5. The first-order chi connectivity index (χ1) is 9.10. The third-order valence-corrected chi connectivity index (χ3v) is 3.53. The number of benzene rings is 2. The number of nitrogens with one attached hydrogen (secondary N) is 1. The van der Waals surface area contributed by atoms with E-state index in [0.717, 1.165) is 15.8 Å². The molecule has 0 saturated carbocycles. The zero-order valence-corrected chi connectivity index (χ0v) is 13.3. The summed E-state index contributed by atoms with van der Waals surface area (Å²) >= 11 is 15.4. The Morgan fingerprint density at radius 3 is 2.53 bits per heavy atom. The Bertz CT molecular complexity index is 590. The van der Waals surface area contributed by atoms with Gasteiger partial charge in [0.05, 0.1) is 5.02 Å². The molecular weight excluding hydrogens is 349 g/mol. The first kappa shape index (κ1) is 14.7. The largest absolute Gasteiger partial charge is 0.455 e. The highest BCUT2D eigenvalue weighted by atomic mass is 79.9. The van der Waals surface area contributed by atoms with Gasteiger partial charge in [-0.25, -0.2) is 0 Å². The van der Waals surface area contributed by atoms with E-state index < -0.39 is 0 Å². The molecule has 0 heterocycles. The van der Waals surface area contributed by atoms with Crippen molar-refractivity contribution in [3.05, 3.63) is 56.5 Å². The maximum absolute atomic E-state index is 6.11. The van der Waals surface area contributed by atoms with Crippen LogP contribution in [-0.4, -0.2) is 7.05 Å². The van der Waals surface area contributed by atoms with Crippen molar-refractivity contribution in [3.63, 3.8) is 0 Å². The first-order valence-corrected chi connectivity index (χ1v) is 7.21. The Labute approximate surface area is 130 Å². The van der Waals surface area contributed by atoms with Crippen LogP contribution in [0.2, 0.25) is 10.0 Å². The van der Waals surface area contributed by atoms with Crippen molar-refractivity contribution in [2.45, 2.75) is 6.54 Å². The van der Waals surface area contributed by atoms with Crippen LogP contribution in [0.5, 0.6) is 11.5 Å². The van der Waals surface area contributed by atoms with Gasteiger partial charge in [-0.3, -0.25) is 0 Å². The summed E-state index contributed by atoms with van der Waals surface area (Å²) in [4.78, 5) is 0. The zero-order chi connectivity index (χ0) is 13.8. The van der Waals surface area contributed by atoms with Crippen molar-refractivity contribution in [1.29, 1.82) is 0 Å². The Kier molecular flexibility index (Phi) is 5.11. The van der Waals surface area contributed by atoms with E-state index in [1.54, 1.807) is 18.2 Å². The van der Waals surface area contributed by atoms with E-state index in [0.29, 0.717) is 22.3 Å². The minimum atomic E-state index is 0.492. The predicted octanol–water partition coefficient (Wildman–Crippen LogP) is 5.27. The fourth-order valence-corrected chi connectivity index (χ4v) is 2.51. The molecule has 0 bridgehead atoms. The van der Waals surface area contributed by atoms with Crippen molar-refractivity contribution in [2.75, 3.05) is 7.05 Å². The lowest BCUT2D eigenvalue weighted by molar-refractivity contribution is 0.474. The molecule has 0 saturated heterocycles. The third kappa shape index (κ3) is 3.86. The van der Waals surface area contributed by atoms with Crippen LogP contribution in [0.15, 0.2) is 40.9 Å². The molecule has 2 aromatic rings. The standard InChI is InChI=1S/C14H12BrCl2NO/c1-18-8-9-6-10(15)2-4-13(9)19-14-5-3-11(16)7-12(14)17/h2-7,18H,8H2,1H3. The Hall–Kier alpha value is -0.740. The van der Waals surface area contributed by atoms with E-state index in [-0.39, 0.29) is 0 Å². The summed E-state index contributed by atoms with van der Waals surface area (Å²) in [5.74, 6) is 1.35. The molecule has 0 radical (unpaired) electrons. The van der Waals surface area contributed by atoms with Crippen molar-refractivity contribution >= 4 is 39.1 Å². The lowest BCUT2D eigenvalue weighted by atomic mass is 10.2. The second-order valence-electron chi connectivity index (χ2n) is 3.96. The third-order valence-electron chi connectivity index (χ3n) is 2.50. The van der Waals surface area contributed by atoms with Crippen molar-refractivity contribution in [2.24, 2.45) is 0 Å². The maximum atomic E-state index is 6.11. The summed E-state index contributed by atoms with van der Waals surface area (Å²) in [7, 11) is 1.89. The summed E-state index contributed by atoms with van der Waals surface area (Å²) in [6.45, 7) is 0.708. The molecule has 19 heavy (non-hydrogen) atoms. The second-order valence-corrected chi connectivity index (χ2v) is 5.72. The molecule has 0 amide bonds. The van der Waals surface area contributed by atoms with Gasteiger partial charge >= 0.3 is 0 Å². The minimum Gasteiger partial charge on any atom is -0.455 e. The number of hydrogen-bond donors (Lipinski definition) is 1. The molecule has 2 aromatic carbocycles. The van der Waals surface area contributed by atoms with Gasteiger partial charge in [-0.2, -0.15) is 0 Å². The lowest BCUT2D eigenvalue weighted by Gasteiger charge is -2.12. The van der Waals surface area contributed by atoms with E-state index in [9.17, 15) is 0 Å². The van der Waals surface area contributed by atoms with Gasteiger partial charge in [-0.15, -0.1) is 0 Å². The van der Waals surface area contributed by atoms with Crippen LogP contribution in [0.4, 0.5) is 0 Å². The van der Waals surface area contributed by atoms with Crippen molar-refractivity contribution in [3.8, 4) is 11.5 Å².